The lowest BCUT2D eigenvalue weighted by Crippen LogP contribution is -2.35. The van der Waals surface area contributed by atoms with Crippen molar-refractivity contribution in [2.45, 2.75) is 20.0 Å². The summed E-state index contributed by atoms with van der Waals surface area (Å²) in [5, 5.41) is 3.36. The summed E-state index contributed by atoms with van der Waals surface area (Å²) in [6, 6.07) is 5.85. The Morgan fingerprint density at radius 2 is 2.27 bits per heavy atom. The van der Waals surface area contributed by atoms with Gasteiger partial charge in [-0.25, -0.2) is 0 Å². The van der Waals surface area contributed by atoms with Gasteiger partial charge in [-0.2, -0.15) is 0 Å². The molecule has 0 saturated heterocycles. The van der Waals surface area contributed by atoms with Crippen molar-refractivity contribution in [3.8, 4) is 11.5 Å². The van der Waals surface area contributed by atoms with Crippen molar-refractivity contribution >= 4 is 5.69 Å². The summed E-state index contributed by atoms with van der Waals surface area (Å²) in [4.78, 5) is 0. The molecule has 1 aliphatic rings. The average Bonchev–Trinajstić information content (AvgIpc) is 2.27. The summed E-state index contributed by atoms with van der Waals surface area (Å²) < 4.78 is 11.2. The topological polar surface area (TPSA) is 30.5 Å². The maximum Gasteiger partial charge on any atom is 0.146 e. The first-order chi connectivity index (χ1) is 7.22. The first-order valence-electron chi connectivity index (χ1n) is 5.30. The number of anilines is 1. The number of hydrogen-bond donors (Lipinski definition) is 1. The molecule has 0 saturated carbocycles. The lowest BCUT2D eigenvalue weighted by molar-refractivity contribution is 0.155. The van der Waals surface area contributed by atoms with Crippen LogP contribution in [0, 0.1) is 5.92 Å². The summed E-state index contributed by atoms with van der Waals surface area (Å²) in [5.41, 5.74) is 0.969. The molecule has 1 aromatic carbocycles. The molecule has 1 atom stereocenters. The van der Waals surface area contributed by atoms with E-state index in [0.717, 1.165) is 23.7 Å². The Kier molecular flexibility index (Phi) is 2.71. The van der Waals surface area contributed by atoms with Crippen LogP contribution in [0.1, 0.15) is 13.8 Å². The molecule has 0 radical (unpaired) electrons. The van der Waals surface area contributed by atoms with E-state index in [1.807, 2.05) is 18.2 Å². The number of methoxy groups -OCH3 is 1. The molecule has 0 bridgehead atoms. The molecule has 1 aliphatic heterocycles. The highest BCUT2D eigenvalue weighted by molar-refractivity contribution is 5.67. The monoisotopic (exact) mass is 207 g/mol. The normalized spacial score (nSPS) is 19.1. The number of benzene rings is 1. The third-order valence-corrected chi connectivity index (χ3v) is 2.71. The Bertz CT molecular complexity index is 349. The molecule has 0 aliphatic carbocycles. The molecule has 15 heavy (non-hydrogen) atoms. The second-order valence-electron chi connectivity index (χ2n) is 4.11. The highest BCUT2D eigenvalue weighted by Gasteiger charge is 2.23. The highest BCUT2D eigenvalue weighted by Crippen LogP contribution is 2.38. The van der Waals surface area contributed by atoms with Crippen LogP contribution in [0.4, 0.5) is 5.69 Å². The smallest absolute Gasteiger partial charge is 0.146 e. The van der Waals surface area contributed by atoms with Crippen LogP contribution < -0.4 is 14.8 Å². The van der Waals surface area contributed by atoms with Gasteiger partial charge in [-0.3, -0.25) is 0 Å². The minimum absolute atomic E-state index is 0.240. The first-order valence-corrected chi connectivity index (χ1v) is 5.30. The van der Waals surface area contributed by atoms with E-state index in [1.54, 1.807) is 7.11 Å². The molecule has 0 aromatic heterocycles. The average molecular weight is 207 g/mol. The maximum absolute atomic E-state index is 5.89. The second kappa shape index (κ2) is 4.01. The van der Waals surface area contributed by atoms with Crippen LogP contribution in [-0.2, 0) is 0 Å². The van der Waals surface area contributed by atoms with Gasteiger partial charge in [0.2, 0.25) is 0 Å². The molecule has 1 unspecified atom stereocenters. The Balaban J connectivity index is 2.27. The van der Waals surface area contributed by atoms with Crippen LogP contribution in [-0.4, -0.2) is 19.8 Å². The number of hydrogen-bond acceptors (Lipinski definition) is 3. The Morgan fingerprint density at radius 1 is 1.47 bits per heavy atom. The van der Waals surface area contributed by atoms with E-state index in [4.69, 9.17) is 9.47 Å². The van der Waals surface area contributed by atoms with E-state index >= 15 is 0 Å². The van der Waals surface area contributed by atoms with Gasteiger partial charge in [0.1, 0.15) is 23.3 Å². The largest absolute Gasteiger partial charge is 0.494 e. The van der Waals surface area contributed by atoms with Gasteiger partial charge in [0, 0.05) is 0 Å². The Hall–Kier alpha value is -1.38. The van der Waals surface area contributed by atoms with Crippen molar-refractivity contribution in [1.82, 2.24) is 0 Å². The van der Waals surface area contributed by atoms with Crippen molar-refractivity contribution in [2.75, 3.05) is 19.0 Å². The zero-order chi connectivity index (χ0) is 10.8. The van der Waals surface area contributed by atoms with Crippen LogP contribution in [0.3, 0.4) is 0 Å². The van der Waals surface area contributed by atoms with Crippen molar-refractivity contribution in [2.24, 2.45) is 5.92 Å². The van der Waals surface area contributed by atoms with Gasteiger partial charge >= 0.3 is 0 Å². The van der Waals surface area contributed by atoms with Crippen molar-refractivity contribution in [1.29, 1.82) is 0 Å². The molecule has 0 amide bonds. The number of rotatable bonds is 2. The van der Waals surface area contributed by atoms with E-state index in [-0.39, 0.29) is 6.10 Å². The van der Waals surface area contributed by atoms with E-state index < -0.39 is 0 Å². The summed E-state index contributed by atoms with van der Waals surface area (Å²) in [5.74, 6) is 2.24. The molecule has 1 heterocycles. The Morgan fingerprint density at radius 3 is 2.93 bits per heavy atom. The number of para-hydroxylation sites is 1. The fourth-order valence-corrected chi connectivity index (χ4v) is 1.73. The maximum atomic E-state index is 5.89. The standard InChI is InChI=1S/C12H17NO2/c1-8(2)11-7-13-12-9(14-3)5-4-6-10(12)15-11/h4-6,8,11,13H,7H2,1-3H3. The predicted octanol–water partition coefficient (Wildman–Crippen LogP) is 2.52. The molecule has 0 fully saturated rings. The summed E-state index contributed by atoms with van der Waals surface area (Å²) in [6.07, 6.45) is 0.240. The van der Waals surface area contributed by atoms with Gasteiger partial charge in [0.15, 0.2) is 0 Å². The fraction of sp³-hybridized carbons (Fsp3) is 0.500. The van der Waals surface area contributed by atoms with E-state index in [0.29, 0.717) is 5.92 Å². The molecular weight excluding hydrogens is 190 g/mol. The number of ether oxygens (including phenoxy) is 2. The van der Waals surface area contributed by atoms with Crippen LogP contribution in [0.15, 0.2) is 18.2 Å². The van der Waals surface area contributed by atoms with Crippen LogP contribution in [0.2, 0.25) is 0 Å². The van der Waals surface area contributed by atoms with E-state index in [1.165, 1.54) is 0 Å². The molecule has 1 aromatic rings. The third kappa shape index (κ3) is 1.87. The van der Waals surface area contributed by atoms with Gasteiger partial charge in [0.05, 0.1) is 13.7 Å². The minimum Gasteiger partial charge on any atom is -0.494 e. The molecular formula is C12H17NO2. The summed E-state index contributed by atoms with van der Waals surface area (Å²) >= 11 is 0. The SMILES string of the molecule is COc1cccc2c1NCC(C(C)C)O2. The van der Waals surface area contributed by atoms with Gasteiger partial charge in [-0.1, -0.05) is 19.9 Å². The zero-order valence-electron chi connectivity index (χ0n) is 9.41. The highest BCUT2D eigenvalue weighted by atomic mass is 16.5. The minimum atomic E-state index is 0.240. The fourth-order valence-electron chi connectivity index (χ4n) is 1.73. The van der Waals surface area contributed by atoms with Crippen LogP contribution >= 0.6 is 0 Å². The van der Waals surface area contributed by atoms with Crippen LogP contribution in [0.5, 0.6) is 11.5 Å². The molecule has 1 N–H and O–H groups in total. The zero-order valence-corrected chi connectivity index (χ0v) is 9.41. The summed E-state index contributed by atoms with van der Waals surface area (Å²) in [7, 11) is 1.67. The first kappa shape index (κ1) is 10.1. The third-order valence-electron chi connectivity index (χ3n) is 2.71. The number of fused-ring (bicyclic) bond motifs is 1. The molecule has 2 rings (SSSR count). The van der Waals surface area contributed by atoms with Gasteiger partial charge in [0.25, 0.3) is 0 Å². The van der Waals surface area contributed by atoms with Gasteiger partial charge < -0.3 is 14.8 Å². The van der Waals surface area contributed by atoms with E-state index in [9.17, 15) is 0 Å². The lowest BCUT2D eigenvalue weighted by atomic mass is 10.1. The van der Waals surface area contributed by atoms with Crippen LogP contribution in [0.25, 0.3) is 0 Å². The van der Waals surface area contributed by atoms with Crippen molar-refractivity contribution < 1.29 is 9.47 Å². The summed E-state index contributed by atoms with van der Waals surface area (Å²) in [6.45, 7) is 5.17. The predicted molar refractivity (Wildman–Crippen MR) is 60.7 cm³/mol. The molecule has 82 valence electrons. The Labute approximate surface area is 90.4 Å². The van der Waals surface area contributed by atoms with Gasteiger partial charge in [-0.15, -0.1) is 0 Å². The second-order valence-corrected chi connectivity index (χ2v) is 4.11. The van der Waals surface area contributed by atoms with Crippen molar-refractivity contribution in [3.05, 3.63) is 18.2 Å². The number of nitrogens with one attached hydrogen (secondary N) is 1. The van der Waals surface area contributed by atoms with Crippen molar-refractivity contribution in [3.63, 3.8) is 0 Å². The molecule has 0 spiro atoms. The lowest BCUT2D eigenvalue weighted by Gasteiger charge is -2.30. The molecule has 3 heteroatoms. The quantitative estimate of drug-likeness (QED) is 0.808. The molecule has 3 nitrogen and oxygen atoms in total. The van der Waals surface area contributed by atoms with E-state index in [2.05, 4.69) is 19.2 Å². The van der Waals surface area contributed by atoms with Gasteiger partial charge in [-0.05, 0) is 18.1 Å².